The van der Waals surface area contributed by atoms with Gasteiger partial charge in [0.2, 0.25) is 0 Å². The minimum atomic E-state index is -0.835. The van der Waals surface area contributed by atoms with E-state index in [0.29, 0.717) is 19.3 Å². The molecule has 6 nitrogen and oxygen atoms in total. The minimum absolute atomic E-state index is 0.125. The minimum Gasteiger partial charge on any atom is -0.462 e. The molecule has 0 heterocycles. The molecule has 0 aliphatic heterocycles. The van der Waals surface area contributed by atoms with Crippen molar-refractivity contribution >= 4 is 17.9 Å². The van der Waals surface area contributed by atoms with E-state index < -0.39 is 6.10 Å². The van der Waals surface area contributed by atoms with E-state index in [1.165, 1.54) is 89.9 Å². The van der Waals surface area contributed by atoms with Gasteiger partial charge in [-0.3, -0.25) is 14.4 Å². The van der Waals surface area contributed by atoms with Gasteiger partial charge in [-0.1, -0.05) is 238 Å². The molecule has 0 bridgehead atoms. The molecule has 0 aliphatic carbocycles. The highest BCUT2D eigenvalue weighted by Crippen LogP contribution is 2.12. The molecule has 0 rings (SSSR count). The summed E-state index contributed by atoms with van der Waals surface area (Å²) in [5, 5.41) is 0. The van der Waals surface area contributed by atoms with Crippen molar-refractivity contribution in [3.8, 4) is 0 Å². The summed E-state index contributed by atoms with van der Waals surface area (Å²) in [6.45, 7) is 6.37. The summed E-state index contributed by atoms with van der Waals surface area (Å²) in [5.74, 6) is -1.05. The lowest BCUT2D eigenvalue weighted by atomic mass is 10.1. The highest BCUT2D eigenvalue weighted by molar-refractivity contribution is 5.71. The zero-order valence-corrected chi connectivity index (χ0v) is 43.6. The van der Waals surface area contributed by atoms with E-state index in [-0.39, 0.29) is 44.0 Å². The lowest BCUT2D eigenvalue weighted by molar-refractivity contribution is -0.167. The molecule has 0 N–H and O–H groups in total. The van der Waals surface area contributed by atoms with Crippen LogP contribution >= 0.6 is 0 Å². The number of hydrogen-bond acceptors (Lipinski definition) is 6. The van der Waals surface area contributed by atoms with E-state index in [9.17, 15) is 14.4 Å². The number of carbonyl (C=O) groups is 3. The molecule has 6 heteroatoms. The summed E-state index contributed by atoms with van der Waals surface area (Å²) < 4.78 is 16.7. The van der Waals surface area contributed by atoms with E-state index in [0.717, 1.165) is 77.0 Å². The third-order valence-corrected chi connectivity index (χ3v) is 11.1. The molecule has 0 aliphatic rings. The summed E-state index contributed by atoms with van der Waals surface area (Å²) in [6.07, 6.45) is 77.2. The van der Waals surface area contributed by atoms with Crippen LogP contribution in [0.4, 0.5) is 0 Å². The van der Waals surface area contributed by atoms with Gasteiger partial charge < -0.3 is 14.2 Å². The smallest absolute Gasteiger partial charge is 0.306 e. The van der Waals surface area contributed by atoms with Crippen LogP contribution in [-0.4, -0.2) is 37.2 Å². The van der Waals surface area contributed by atoms with Gasteiger partial charge in [-0.05, 0) is 96.3 Å². The lowest BCUT2D eigenvalue weighted by Gasteiger charge is -2.18. The van der Waals surface area contributed by atoms with E-state index in [4.69, 9.17) is 14.2 Å². The van der Waals surface area contributed by atoms with Gasteiger partial charge in [0.25, 0.3) is 0 Å². The van der Waals surface area contributed by atoms with Gasteiger partial charge in [-0.25, -0.2) is 0 Å². The second-order valence-corrected chi connectivity index (χ2v) is 17.6. The van der Waals surface area contributed by atoms with Gasteiger partial charge in [0.05, 0.1) is 0 Å². The molecule has 1 unspecified atom stereocenters. The molecule has 0 radical (unpaired) electrons. The van der Waals surface area contributed by atoms with Crippen molar-refractivity contribution in [1.29, 1.82) is 0 Å². The maximum Gasteiger partial charge on any atom is 0.306 e. The van der Waals surface area contributed by atoms with Crippen LogP contribution in [0.25, 0.3) is 0 Å². The molecule has 68 heavy (non-hydrogen) atoms. The standard InChI is InChI=1S/C62H98O6/c1-4-7-10-13-16-19-22-25-28-30-31-33-34-37-40-43-46-49-52-55-61(64)67-58-59(57-66-60(63)54-51-48-45-42-39-36-27-24-21-18-15-12-9-6-3)68-62(65)56-53-50-47-44-41-38-35-32-29-26-23-20-17-14-11-8-5-2/h7,10,13,16,19,22,25-26,28-31,33-40,44,47,59H,4-6,8-9,11-12,14-15,17-18,20-21,23-24,27,32,41-43,45-46,48-58H2,1-3H3/b10-7-,16-13-,22-19-,28-25-,29-26-,31-30+,34-33-,38-35-,39-36-,40-37-,47-44-. The maximum absolute atomic E-state index is 12.8. The monoisotopic (exact) mass is 939 g/mol. The number of esters is 3. The Balaban J connectivity index is 4.61. The summed E-state index contributed by atoms with van der Waals surface area (Å²) in [7, 11) is 0. The number of hydrogen-bond donors (Lipinski definition) is 0. The van der Waals surface area contributed by atoms with E-state index >= 15 is 0 Å². The van der Waals surface area contributed by atoms with E-state index in [1.807, 2.05) is 72.9 Å². The van der Waals surface area contributed by atoms with Crippen molar-refractivity contribution in [3.05, 3.63) is 134 Å². The van der Waals surface area contributed by atoms with E-state index in [1.54, 1.807) is 0 Å². The van der Waals surface area contributed by atoms with Crippen LogP contribution in [0, 0.1) is 0 Å². The first-order valence-corrected chi connectivity index (χ1v) is 27.3. The van der Waals surface area contributed by atoms with Gasteiger partial charge in [0.15, 0.2) is 6.10 Å². The molecule has 0 aromatic heterocycles. The summed E-state index contributed by atoms with van der Waals surface area (Å²) in [5.41, 5.74) is 0. The molecule has 0 aromatic rings. The predicted molar refractivity (Wildman–Crippen MR) is 292 cm³/mol. The highest BCUT2D eigenvalue weighted by atomic mass is 16.6. The molecule has 0 spiro atoms. The van der Waals surface area contributed by atoms with Crippen molar-refractivity contribution in [1.82, 2.24) is 0 Å². The normalized spacial score (nSPS) is 13.2. The van der Waals surface area contributed by atoms with Gasteiger partial charge in [0.1, 0.15) is 13.2 Å². The number of ether oxygens (including phenoxy) is 3. The molecule has 0 saturated heterocycles. The average molecular weight is 939 g/mol. The molecular weight excluding hydrogens is 841 g/mol. The topological polar surface area (TPSA) is 78.9 Å². The zero-order chi connectivity index (χ0) is 49.3. The second-order valence-electron chi connectivity index (χ2n) is 17.6. The molecule has 0 amide bonds. The SMILES string of the molecule is CC\C=C/C=C\C=C/C=C\C=C\C=C/C=C\CCCCCC(=O)OCC(COC(=O)CCCCC/C=C\CCCCCCCCC)OC(=O)CCC/C=C\C/C=C\C/C=C\CCCCCCCC. The number of allylic oxidation sites excluding steroid dienone is 22. The Bertz CT molecular complexity index is 1500. The van der Waals surface area contributed by atoms with Crippen molar-refractivity contribution < 1.29 is 28.6 Å². The Labute approximate surface area is 417 Å². The third kappa shape index (κ3) is 52.5. The molecule has 382 valence electrons. The first kappa shape index (κ1) is 63.5. The molecular formula is C62H98O6. The number of unbranched alkanes of at least 4 members (excludes halogenated alkanes) is 20. The van der Waals surface area contributed by atoms with Crippen molar-refractivity contribution in [2.45, 2.75) is 226 Å². The molecule has 0 saturated carbocycles. The summed E-state index contributed by atoms with van der Waals surface area (Å²) in [6, 6.07) is 0. The molecule has 0 fully saturated rings. The first-order chi connectivity index (χ1) is 33.5. The van der Waals surface area contributed by atoms with Crippen LogP contribution in [-0.2, 0) is 28.6 Å². The molecule has 1 atom stereocenters. The van der Waals surface area contributed by atoms with Gasteiger partial charge in [-0.2, -0.15) is 0 Å². The summed E-state index contributed by atoms with van der Waals surface area (Å²) in [4.78, 5) is 38.1. The zero-order valence-electron chi connectivity index (χ0n) is 43.6. The van der Waals surface area contributed by atoms with Crippen LogP contribution in [0.3, 0.4) is 0 Å². The average Bonchev–Trinajstić information content (AvgIpc) is 3.34. The maximum atomic E-state index is 12.8. The van der Waals surface area contributed by atoms with Crippen molar-refractivity contribution in [2.24, 2.45) is 0 Å². The van der Waals surface area contributed by atoms with Crippen molar-refractivity contribution in [2.75, 3.05) is 13.2 Å². The van der Waals surface area contributed by atoms with E-state index in [2.05, 4.69) is 81.5 Å². The fourth-order valence-corrected chi connectivity index (χ4v) is 6.96. The van der Waals surface area contributed by atoms with Crippen LogP contribution in [0.5, 0.6) is 0 Å². The largest absolute Gasteiger partial charge is 0.462 e. The lowest BCUT2D eigenvalue weighted by Crippen LogP contribution is -2.30. The quantitative estimate of drug-likeness (QED) is 0.0199. The van der Waals surface area contributed by atoms with Crippen LogP contribution in [0.2, 0.25) is 0 Å². The van der Waals surface area contributed by atoms with Crippen LogP contribution in [0.1, 0.15) is 220 Å². The number of carbonyl (C=O) groups excluding carboxylic acids is 3. The second kappa shape index (κ2) is 55.1. The van der Waals surface area contributed by atoms with Gasteiger partial charge in [-0.15, -0.1) is 0 Å². The Morgan fingerprint density at radius 1 is 0.324 bits per heavy atom. The van der Waals surface area contributed by atoms with Crippen molar-refractivity contribution in [3.63, 3.8) is 0 Å². The Morgan fingerprint density at radius 2 is 0.647 bits per heavy atom. The third-order valence-electron chi connectivity index (χ3n) is 11.1. The highest BCUT2D eigenvalue weighted by Gasteiger charge is 2.19. The number of rotatable bonds is 47. The Hall–Kier alpha value is -4.45. The molecule has 0 aromatic carbocycles. The Morgan fingerprint density at radius 3 is 1.09 bits per heavy atom. The predicted octanol–water partition coefficient (Wildman–Crippen LogP) is 18.3. The van der Waals surface area contributed by atoms with Crippen LogP contribution in [0.15, 0.2) is 134 Å². The van der Waals surface area contributed by atoms with Crippen LogP contribution < -0.4 is 0 Å². The fourth-order valence-electron chi connectivity index (χ4n) is 6.96. The first-order valence-electron chi connectivity index (χ1n) is 27.3. The Kier molecular flexibility index (Phi) is 51.5. The summed E-state index contributed by atoms with van der Waals surface area (Å²) >= 11 is 0. The van der Waals surface area contributed by atoms with Gasteiger partial charge in [0, 0.05) is 19.3 Å². The fraction of sp³-hybridized carbons (Fsp3) is 0.597. The van der Waals surface area contributed by atoms with Gasteiger partial charge >= 0.3 is 17.9 Å².